The molecule has 7 nitrogen and oxygen atoms in total. The number of para-hydroxylation sites is 1. The normalized spacial score (nSPS) is 16.0. The lowest BCUT2D eigenvalue weighted by molar-refractivity contribution is -0.151. The van der Waals surface area contributed by atoms with Gasteiger partial charge in [-0.05, 0) is 31.0 Å². The largest absolute Gasteiger partial charge is 0.479 e. The van der Waals surface area contributed by atoms with Crippen LogP contribution in [0.3, 0.4) is 0 Å². The number of hydrogen-bond acceptors (Lipinski definition) is 4. The van der Waals surface area contributed by atoms with E-state index in [1.54, 1.807) is 24.3 Å². The molecule has 0 atom stereocenters. The molecule has 1 N–H and O–H groups in total. The van der Waals surface area contributed by atoms with Crippen LogP contribution in [-0.2, 0) is 4.79 Å². The highest BCUT2D eigenvalue weighted by Gasteiger charge is 2.45. The SMILES string of the molecule is CN(C(=O)c1ccc(=O)n(-c2ccccc2)n1)C1(C(=O)O)CCCCC1. The van der Waals surface area contributed by atoms with E-state index in [2.05, 4.69) is 5.10 Å². The van der Waals surface area contributed by atoms with Gasteiger partial charge in [0.1, 0.15) is 11.2 Å². The number of aliphatic carboxylic acids is 1. The predicted molar refractivity (Wildman–Crippen MR) is 95.4 cm³/mol. The lowest BCUT2D eigenvalue weighted by Gasteiger charge is -2.40. The summed E-state index contributed by atoms with van der Waals surface area (Å²) < 4.78 is 1.15. The fourth-order valence-electron chi connectivity index (χ4n) is 3.48. The van der Waals surface area contributed by atoms with Gasteiger partial charge in [-0.2, -0.15) is 9.78 Å². The van der Waals surface area contributed by atoms with Crippen molar-refractivity contribution in [1.29, 1.82) is 0 Å². The van der Waals surface area contributed by atoms with E-state index in [1.165, 1.54) is 24.1 Å². The number of carbonyl (C=O) groups excluding carboxylic acids is 1. The Kier molecular flexibility index (Phi) is 4.88. The topological polar surface area (TPSA) is 92.5 Å². The van der Waals surface area contributed by atoms with Crippen LogP contribution in [-0.4, -0.2) is 44.3 Å². The van der Waals surface area contributed by atoms with E-state index in [9.17, 15) is 19.5 Å². The van der Waals surface area contributed by atoms with Crippen molar-refractivity contribution in [3.05, 3.63) is 58.5 Å². The zero-order chi connectivity index (χ0) is 18.7. The Morgan fingerprint density at radius 2 is 1.73 bits per heavy atom. The molecule has 1 amide bonds. The highest BCUT2D eigenvalue weighted by Crippen LogP contribution is 2.34. The Balaban J connectivity index is 1.97. The number of hydrogen-bond donors (Lipinski definition) is 1. The molecule has 136 valence electrons. The van der Waals surface area contributed by atoms with Crippen molar-refractivity contribution < 1.29 is 14.7 Å². The molecule has 1 heterocycles. The molecule has 26 heavy (non-hydrogen) atoms. The second-order valence-corrected chi connectivity index (χ2v) is 6.57. The summed E-state index contributed by atoms with van der Waals surface area (Å²) in [5.41, 5.74) is -0.992. The maximum Gasteiger partial charge on any atom is 0.329 e. The van der Waals surface area contributed by atoms with Crippen LogP contribution in [0.4, 0.5) is 0 Å². The van der Waals surface area contributed by atoms with Gasteiger partial charge in [0.25, 0.3) is 11.5 Å². The van der Waals surface area contributed by atoms with Gasteiger partial charge in [0.2, 0.25) is 0 Å². The van der Waals surface area contributed by atoms with Gasteiger partial charge in [0, 0.05) is 13.1 Å². The molecule has 1 fully saturated rings. The van der Waals surface area contributed by atoms with Gasteiger partial charge in [0.05, 0.1) is 5.69 Å². The van der Waals surface area contributed by atoms with Crippen LogP contribution in [0.5, 0.6) is 0 Å². The summed E-state index contributed by atoms with van der Waals surface area (Å²) in [6.45, 7) is 0. The molecule has 3 rings (SSSR count). The number of likely N-dealkylation sites (N-methyl/N-ethyl adjacent to an activating group) is 1. The molecule has 1 aromatic heterocycles. The second kappa shape index (κ2) is 7.11. The minimum Gasteiger partial charge on any atom is -0.479 e. The first-order valence-electron chi connectivity index (χ1n) is 8.63. The number of carboxylic acids is 1. The van der Waals surface area contributed by atoms with Gasteiger partial charge in [-0.15, -0.1) is 0 Å². The molecule has 0 unspecified atom stereocenters. The summed E-state index contributed by atoms with van der Waals surface area (Å²) in [6.07, 6.45) is 3.34. The van der Waals surface area contributed by atoms with Crippen molar-refractivity contribution in [1.82, 2.24) is 14.7 Å². The zero-order valence-corrected chi connectivity index (χ0v) is 14.6. The summed E-state index contributed by atoms with van der Waals surface area (Å²) in [6, 6.07) is 11.4. The minimum atomic E-state index is -1.22. The van der Waals surface area contributed by atoms with E-state index in [0.29, 0.717) is 18.5 Å². The number of rotatable bonds is 4. The van der Waals surface area contributed by atoms with Crippen LogP contribution >= 0.6 is 0 Å². The Labute approximate surface area is 150 Å². The van der Waals surface area contributed by atoms with Crippen LogP contribution in [0.2, 0.25) is 0 Å². The molecule has 1 aromatic carbocycles. The first kappa shape index (κ1) is 17.8. The molecular weight excluding hydrogens is 334 g/mol. The highest BCUT2D eigenvalue weighted by molar-refractivity contribution is 5.96. The van der Waals surface area contributed by atoms with Gasteiger partial charge in [-0.3, -0.25) is 9.59 Å². The standard InChI is InChI=1S/C19H21N3O4/c1-21(19(18(25)26)12-6-3-7-13-19)17(24)15-10-11-16(23)22(20-15)14-8-4-2-5-9-14/h2,4-5,8-11H,3,6-7,12-13H2,1H3,(H,25,26). The number of nitrogens with zero attached hydrogens (tertiary/aromatic N) is 3. The molecule has 2 aromatic rings. The van der Waals surface area contributed by atoms with Gasteiger partial charge < -0.3 is 10.0 Å². The molecular formula is C19H21N3O4. The van der Waals surface area contributed by atoms with Crippen molar-refractivity contribution in [3.63, 3.8) is 0 Å². The minimum absolute atomic E-state index is 0.0437. The number of aromatic nitrogens is 2. The van der Waals surface area contributed by atoms with Crippen LogP contribution in [0.25, 0.3) is 5.69 Å². The van der Waals surface area contributed by atoms with Crippen molar-refractivity contribution in [3.8, 4) is 5.69 Å². The van der Waals surface area contributed by atoms with Gasteiger partial charge in [-0.25, -0.2) is 4.79 Å². The predicted octanol–water partition coefficient (Wildman–Crippen LogP) is 2.09. The van der Waals surface area contributed by atoms with Gasteiger partial charge in [-0.1, -0.05) is 37.5 Å². The Bertz CT molecular complexity index is 870. The van der Waals surface area contributed by atoms with Crippen molar-refractivity contribution in [2.24, 2.45) is 0 Å². The molecule has 0 aliphatic heterocycles. The number of amides is 1. The Morgan fingerprint density at radius 1 is 1.08 bits per heavy atom. The smallest absolute Gasteiger partial charge is 0.329 e. The first-order chi connectivity index (χ1) is 12.5. The molecule has 0 saturated heterocycles. The maximum atomic E-state index is 12.9. The number of carbonyl (C=O) groups is 2. The average Bonchev–Trinajstić information content (AvgIpc) is 2.68. The highest BCUT2D eigenvalue weighted by atomic mass is 16.4. The summed E-state index contributed by atoms with van der Waals surface area (Å²) in [4.78, 5) is 38.3. The average molecular weight is 355 g/mol. The number of benzene rings is 1. The van der Waals surface area contributed by atoms with E-state index in [1.807, 2.05) is 6.07 Å². The van der Waals surface area contributed by atoms with E-state index in [-0.39, 0.29) is 11.3 Å². The van der Waals surface area contributed by atoms with Crippen molar-refractivity contribution in [2.75, 3.05) is 7.05 Å². The molecule has 0 bridgehead atoms. The summed E-state index contributed by atoms with van der Waals surface area (Å²) in [7, 11) is 1.50. The zero-order valence-electron chi connectivity index (χ0n) is 14.6. The van der Waals surface area contributed by atoms with E-state index < -0.39 is 17.4 Å². The van der Waals surface area contributed by atoms with Crippen LogP contribution in [0.1, 0.15) is 42.6 Å². The van der Waals surface area contributed by atoms with Crippen LogP contribution in [0, 0.1) is 0 Å². The molecule has 0 spiro atoms. The lowest BCUT2D eigenvalue weighted by atomic mass is 9.80. The van der Waals surface area contributed by atoms with Gasteiger partial charge in [0.15, 0.2) is 0 Å². The summed E-state index contributed by atoms with van der Waals surface area (Å²) >= 11 is 0. The quantitative estimate of drug-likeness (QED) is 0.906. The molecule has 0 radical (unpaired) electrons. The number of carboxylic acid groups (broad SMARTS) is 1. The van der Waals surface area contributed by atoms with E-state index in [4.69, 9.17) is 0 Å². The fraction of sp³-hybridized carbons (Fsp3) is 0.368. The second-order valence-electron chi connectivity index (χ2n) is 6.57. The molecule has 7 heteroatoms. The fourth-order valence-corrected chi connectivity index (χ4v) is 3.48. The van der Waals surface area contributed by atoms with Crippen molar-refractivity contribution >= 4 is 11.9 Å². The van der Waals surface area contributed by atoms with E-state index >= 15 is 0 Å². The third-order valence-electron chi connectivity index (χ3n) is 5.05. The third kappa shape index (κ3) is 3.12. The summed E-state index contributed by atoms with van der Waals surface area (Å²) in [5, 5.41) is 13.9. The lowest BCUT2D eigenvalue weighted by Crippen LogP contribution is -2.56. The Morgan fingerprint density at radius 3 is 2.35 bits per heavy atom. The maximum absolute atomic E-state index is 12.9. The van der Waals surface area contributed by atoms with Gasteiger partial charge >= 0.3 is 5.97 Å². The summed E-state index contributed by atoms with van der Waals surface area (Å²) in [5.74, 6) is -1.50. The first-order valence-corrected chi connectivity index (χ1v) is 8.63. The third-order valence-corrected chi connectivity index (χ3v) is 5.05. The molecule has 1 aliphatic carbocycles. The van der Waals surface area contributed by atoms with Crippen LogP contribution < -0.4 is 5.56 Å². The molecule has 1 saturated carbocycles. The Hall–Kier alpha value is -2.96. The van der Waals surface area contributed by atoms with Crippen LogP contribution in [0.15, 0.2) is 47.3 Å². The van der Waals surface area contributed by atoms with E-state index in [0.717, 1.165) is 23.9 Å². The molecule has 1 aliphatic rings. The van der Waals surface area contributed by atoms with Crippen molar-refractivity contribution in [2.45, 2.75) is 37.6 Å². The monoisotopic (exact) mass is 355 g/mol.